The van der Waals surface area contributed by atoms with Crippen LogP contribution in [0.4, 0.5) is 0 Å². The first-order valence-electron chi connectivity index (χ1n) is 8.46. The first-order valence-corrected chi connectivity index (χ1v) is 8.46. The number of ether oxygens (including phenoxy) is 3. The minimum atomic E-state index is -1.19. The largest absolute Gasteiger partial charge is 0.394 e. The minimum Gasteiger partial charge on any atom is -0.394 e. The lowest BCUT2D eigenvalue weighted by Crippen LogP contribution is -2.64. The molecule has 6 N–H and O–H groups in total. The molecular formula is C16H30O9. The van der Waals surface area contributed by atoms with E-state index in [-0.39, 0.29) is 19.4 Å². The quantitative estimate of drug-likeness (QED) is 0.285. The lowest BCUT2D eigenvalue weighted by molar-refractivity contribution is -0.263. The summed E-state index contributed by atoms with van der Waals surface area (Å²) in [5.74, 6) is 0. The van der Waals surface area contributed by atoms with Crippen molar-refractivity contribution < 1.29 is 44.8 Å². The molecular weight excluding hydrogens is 336 g/mol. The summed E-state index contributed by atoms with van der Waals surface area (Å²) >= 11 is 0. The highest BCUT2D eigenvalue weighted by molar-refractivity contribution is 5.04. The monoisotopic (exact) mass is 366 g/mol. The standard InChI is InChI=1S/C16H30O9/c1-15(8-23-2)13(21)10(24-12(6-18)14(15)22)4-16(7-19)3-9(20)11(5-17)25-16/h9-14,17-22H,3-8H2,1-2H3/t9-,10+,11+,12+,13-,14+,15+,16+/m0/s1. The van der Waals surface area contributed by atoms with Crippen LogP contribution >= 0.6 is 0 Å². The molecule has 0 aromatic rings. The Morgan fingerprint density at radius 2 is 1.60 bits per heavy atom. The smallest absolute Gasteiger partial charge is 0.108 e. The van der Waals surface area contributed by atoms with Crippen LogP contribution in [0, 0.1) is 5.41 Å². The van der Waals surface area contributed by atoms with Gasteiger partial charge in [0, 0.05) is 25.4 Å². The van der Waals surface area contributed by atoms with Crippen molar-refractivity contribution in [3.63, 3.8) is 0 Å². The predicted molar refractivity (Wildman–Crippen MR) is 84.8 cm³/mol. The molecule has 0 aromatic heterocycles. The molecule has 0 radical (unpaired) electrons. The lowest BCUT2D eigenvalue weighted by atomic mass is 9.71. The van der Waals surface area contributed by atoms with Crippen LogP contribution in [0.1, 0.15) is 19.8 Å². The van der Waals surface area contributed by atoms with Crippen LogP contribution in [0.2, 0.25) is 0 Å². The van der Waals surface area contributed by atoms with E-state index in [4.69, 9.17) is 14.2 Å². The van der Waals surface area contributed by atoms with Gasteiger partial charge in [0.25, 0.3) is 0 Å². The molecule has 9 nitrogen and oxygen atoms in total. The third-order valence-electron chi connectivity index (χ3n) is 5.49. The summed E-state index contributed by atoms with van der Waals surface area (Å²) in [6.07, 6.45) is -5.74. The third kappa shape index (κ3) is 3.85. The highest BCUT2D eigenvalue weighted by atomic mass is 16.6. The van der Waals surface area contributed by atoms with Crippen molar-refractivity contribution in [1.82, 2.24) is 0 Å². The summed E-state index contributed by atoms with van der Waals surface area (Å²) in [4.78, 5) is 0. The van der Waals surface area contributed by atoms with E-state index >= 15 is 0 Å². The average Bonchev–Trinajstić information content (AvgIpc) is 2.92. The zero-order valence-electron chi connectivity index (χ0n) is 14.6. The number of hydrogen-bond acceptors (Lipinski definition) is 9. The van der Waals surface area contributed by atoms with Gasteiger partial charge in [-0.25, -0.2) is 0 Å². The van der Waals surface area contributed by atoms with Crippen molar-refractivity contribution >= 4 is 0 Å². The second-order valence-corrected chi connectivity index (χ2v) is 7.38. The van der Waals surface area contributed by atoms with Crippen LogP contribution in [-0.4, -0.2) is 106 Å². The molecule has 0 amide bonds. The average molecular weight is 366 g/mol. The molecule has 2 aliphatic heterocycles. The van der Waals surface area contributed by atoms with Gasteiger partial charge < -0.3 is 44.8 Å². The fourth-order valence-corrected chi connectivity index (χ4v) is 3.97. The molecule has 2 fully saturated rings. The molecule has 9 heteroatoms. The van der Waals surface area contributed by atoms with Crippen LogP contribution in [-0.2, 0) is 14.2 Å². The van der Waals surface area contributed by atoms with E-state index < -0.39 is 67.5 Å². The van der Waals surface area contributed by atoms with E-state index in [2.05, 4.69) is 0 Å². The van der Waals surface area contributed by atoms with Crippen molar-refractivity contribution in [1.29, 1.82) is 0 Å². The maximum Gasteiger partial charge on any atom is 0.108 e. The Kier molecular flexibility index (Phi) is 6.80. The predicted octanol–water partition coefficient (Wildman–Crippen LogP) is -2.62. The Morgan fingerprint density at radius 3 is 2.08 bits per heavy atom. The van der Waals surface area contributed by atoms with Gasteiger partial charge in [0.05, 0.1) is 56.4 Å². The fourth-order valence-electron chi connectivity index (χ4n) is 3.97. The van der Waals surface area contributed by atoms with Crippen LogP contribution in [0.25, 0.3) is 0 Å². The van der Waals surface area contributed by atoms with E-state index in [1.54, 1.807) is 6.92 Å². The molecule has 2 heterocycles. The summed E-state index contributed by atoms with van der Waals surface area (Å²) in [5.41, 5.74) is -2.27. The van der Waals surface area contributed by atoms with Crippen LogP contribution in [0.15, 0.2) is 0 Å². The molecule has 8 atom stereocenters. The van der Waals surface area contributed by atoms with Crippen LogP contribution in [0.3, 0.4) is 0 Å². The van der Waals surface area contributed by atoms with E-state index in [1.807, 2.05) is 0 Å². The van der Waals surface area contributed by atoms with E-state index in [0.717, 1.165) is 0 Å². The Balaban J connectivity index is 2.22. The van der Waals surface area contributed by atoms with E-state index in [0.29, 0.717) is 0 Å². The second kappa shape index (κ2) is 8.12. The van der Waals surface area contributed by atoms with Gasteiger partial charge in [0.2, 0.25) is 0 Å². The molecule has 2 saturated heterocycles. The summed E-state index contributed by atoms with van der Waals surface area (Å²) in [6, 6.07) is 0. The molecule has 0 bridgehead atoms. The zero-order chi connectivity index (χ0) is 18.8. The summed E-state index contributed by atoms with van der Waals surface area (Å²) in [7, 11) is 1.45. The summed E-state index contributed by atoms with van der Waals surface area (Å²) in [5, 5.41) is 59.7. The van der Waals surface area contributed by atoms with Gasteiger partial charge in [0.1, 0.15) is 12.2 Å². The normalized spacial score (nSPS) is 48.0. The Morgan fingerprint density at radius 1 is 1.00 bits per heavy atom. The Hall–Kier alpha value is -0.360. The van der Waals surface area contributed by atoms with Crippen molar-refractivity contribution in [2.24, 2.45) is 5.41 Å². The molecule has 25 heavy (non-hydrogen) atoms. The fraction of sp³-hybridized carbons (Fsp3) is 1.00. The number of rotatable bonds is 7. The Labute approximate surface area is 146 Å². The number of hydrogen-bond donors (Lipinski definition) is 6. The third-order valence-corrected chi connectivity index (χ3v) is 5.49. The van der Waals surface area contributed by atoms with E-state index in [9.17, 15) is 30.6 Å². The Bertz CT molecular complexity index is 436. The van der Waals surface area contributed by atoms with Gasteiger partial charge in [-0.2, -0.15) is 0 Å². The van der Waals surface area contributed by atoms with Crippen molar-refractivity contribution in [2.45, 2.75) is 62.0 Å². The highest BCUT2D eigenvalue weighted by Crippen LogP contribution is 2.42. The molecule has 2 aliphatic rings. The van der Waals surface area contributed by atoms with Crippen molar-refractivity contribution in [3.05, 3.63) is 0 Å². The second-order valence-electron chi connectivity index (χ2n) is 7.38. The van der Waals surface area contributed by atoms with Crippen molar-refractivity contribution in [3.8, 4) is 0 Å². The topological polar surface area (TPSA) is 149 Å². The van der Waals surface area contributed by atoms with Gasteiger partial charge in [-0.15, -0.1) is 0 Å². The maximum atomic E-state index is 10.8. The zero-order valence-corrected chi connectivity index (χ0v) is 14.6. The SMILES string of the molecule is COC[C@@]1(C)[C@H](O)[C@@H](CO)O[C@H](C[C@@]2(CO)C[C@H](O)[C@@H](CO)O2)[C@@H]1O. The highest BCUT2D eigenvalue weighted by Gasteiger charge is 2.56. The lowest BCUT2D eigenvalue weighted by Gasteiger charge is -2.50. The number of methoxy groups -OCH3 is 1. The molecule has 0 spiro atoms. The number of aliphatic hydroxyl groups excluding tert-OH is 6. The van der Waals surface area contributed by atoms with Gasteiger partial charge >= 0.3 is 0 Å². The summed E-state index contributed by atoms with van der Waals surface area (Å²) in [6.45, 7) is 0.409. The molecule has 148 valence electrons. The number of aliphatic hydroxyl groups is 6. The summed E-state index contributed by atoms with van der Waals surface area (Å²) < 4.78 is 16.4. The minimum absolute atomic E-state index is 0.0285. The molecule has 0 unspecified atom stereocenters. The van der Waals surface area contributed by atoms with Gasteiger partial charge in [-0.05, 0) is 0 Å². The first-order chi connectivity index (χ1) is 11.8. The first kappa shape index (κ1) is 20.9. The molecule has 2 rings (SSSR count). The van der Waals surface area contributed by atoms with Crippen LogP contribution < -0.4 is 0 Å². The van der Waals surface area contributed by atoms with Gasteiger partial charge in [0.15, 0.2) is 0 Å². The van der Waals surface area contributed by atoms with E-state index in [1.165, 1.54) is 7.11 Å². The van der Waals surface area contributed by atoms with Crippen molar-refractivity contribution in [2.75, 3.05) is 33.5 Å². The van der Waals surface area contributed by atoms with Gasteiger partial charge in [-0.1, -0.05) is 6.92 Å². The molecule has 0 aliphatic carbocycles. The van der Waals surface area contributed by atoms with Gasteiger partial charge in [-0.3, -0.25) is 0 Å². The molecule has 0 aromatic carbocycles. The molecule has 0 saturated carbocycles. The maximum absolute atomic E-state index is 10.8. The van der Waals surface area contributed by atoms with Crippen LogP contribution in [0.5, 0.6) is 0 Å².